The number of rotatable bonds is 25. The van der Waals surface area contributed by atoms with Gasteiger partial charge in [0.2, 0.25) is 0 Å². The molecular formula is C32H64O2. The van der Waals surface area contributed by atoms with Crippen LogP contribution >= 0.6 is 0 Å². The lowest BCUT2D eigenvalue weighted by molar-refractivity contribution is -0.150. The Morgan fingerprint density at radius 1 is 0.559 bits per heavy atom. The van der Waals surface area contributed by atoms with Crippen LogP contribution < -0.4 is 0 Å². The maximum atomic E-state index is 12.5. The number of esters is 1. The zero-order valence-corrected chi connectivity index (χ0v) is 24.4. The van der Waals surface area contributed by atoms with Crippen LogP contribution in [0.5, 0.6) is 0 Å². The molecule has 0 aromatic heterocycles. The van der Waals surface area contributed by atoms with Gasteiger partial charge in [0.05, 0.1) is 0 Å². The molecular weight excluding hydrogens is 416 g/mol. The SMILES string of the molecule is CCCCCCCCCCCC(CCCCCCCC)OC(=O)CCCCCCCC(C)(C)C. The summed E-state index contributed by atoms with van der Waals surface area (Å²) in [7, 11) is 0. The Balaban J connectivity index is 4.03. The van der Waals surface area contributed by atoms with Gasteiger partial charge < -0.3 is 4.74 Å². The summed E-state index contributed by atoms with van der Waals surface area (Å²) in [6, 6.07) is 0. The number of carbonyl (C=O) groups excluding carboxylic acids is 1. The Morgan fingerprint density at radius 3 is 1.38 bits per heavy atom. The van der Waals surface area contributed by atoms with Crippen molar-refractivity contribution in [1.29, 1.82) is 0 Å². The highest BCUT2D eigenvalue weighted by Gasteiger charge is 2.14. The summed E-state index contributed by atoms with van der Waals surface area (Å²) >= 11 is 0. The predicted molar refractivity (Wildman–Crippen MR) is 151 cm³/mol. The first-order valence-electron chi connectivity index (χ1n) is 15.6. The molecule has 0 N–H and O–H groups in total. The summed E-state index contributed by atoms with van der Waals surface area (Å²) in [6.45, 7) is 11.5. The van der Waals surface area contributed by atoms with Crippen molar-refractivity contribution in [3.05, 3.63) is 0 Å². The molecule has 0 heterocycles. The Labute approximate surface area is 215 Å². The van der Waals surface area contributed by atoms with Crippen molar-refractivity contribution >= 4 is 5.97 Å². The van der Waals surface area contributed by atoms with Crippen LogP contribution in [-0.2, 0) is 9.53 Å². The Bertz CT molecular complexity index is 423. The second-order valence-electron chi connectivity index (χ2n) is 12.1. The minimum absolute atomic E-state index is 0.0570. The third kappa shape index (κ3) is 26.1. The minimum Gasteiger partial charge on any atom is -0.462 e. The lowest BCUT2D eigenvalue weighted by Gasteiger charge is -2.18. The van der Waals surface area contributed by atoms with Gasteiger partial charge in [0.1, 0.15) is 6.10 Å². The molecule has 2 nitrogen and oxygen atoms in total. The quantitative estimate of drug-likeness (QED) is 0.0958. The summed E-state index contributed by atoms with van der Waals surface area (Å²) < 4.78 is 5.98. The van der Waals surface area contributed by atoms with E-state index >= 15 is 0 Å². The van der Waals surface area contributed by atoms with Gasteiger partial charge in [-0.25, -0.2) is 0 Å². The van der Waals surface area contributed by atoms with Crippen LogP contribution in [-0.4, -0.2) is 12.1 Å². The fraction of sp³-hybridized carbons (Fsp3) is 0.969. The maximum Gasteiger partial charge on any atom is 0.306 e. The number of carbonyl (C=O) groups is 1. The Kier molecular flexibility index (Phi) is 23.8. The second kappa shape index (κ2) is 24.2. The molecule has 0 amide bonds. The van der Waals surface area contributed by atoms with E-state index in [1.807, 2.05) is 0 Å². The molecule has 2 heteroatoms. The molecule has 34 heavy (non-hydrogen) atoms. The minimum atomic E-state index is 0.0570. The molecule has 0 rings (SSSR count). The molecule has 1 unspecified atom stereocenters. The first kappa shape index (κ1) is 33.5. The Hall–Kier alpha value is -0.530. The summed E-state index contributed by atoms with van der Waals surface area (Å²) in [5.74, 6) is 0.0570. The first-order chi connectivity index (χ1) is 16.4. The lowest BCUT2D eigenvalue weighted by Crippen LogP contribution is -2.18. The predicted octanol–water partition coefficient (Wildman–Crippen LogP) is 11.3. The van der Waals surface area contributed by atoms with Gasteiger partial charge in [-0.2, -0.15) is 0 Å². The van der Waals surface area contributed by atoms with Crippen LogP contribution in [0.4, 0.5) is 0 Å². The van der Waals surface area contributed by atoms with Crippen LogP contribution in [0.25, 0.3) is 0 Å². The van der Waals surface area contributed by atoms with Crippen LogP contribution in [0.3, 0.4) is 0 Å². The van der Waals surface area contributed by atoms with Crippen molar-refractivity contribution in [2.45, 2.75) is 195 Å². The van der Waals surface area contributed by atoms with Gasteiger partial charge in [0.15, 0.2) is 0 Å². The van der Waals surface area contributed by atoms with Crippen LogP contribution in [0.2, 0.25) is 0 Å². The number of hydrogen-bond donors (Lipinski definition) is 0. The maximum absolute atomic E-state index is 12.5. The number of ether oxygens (including phenoxy) is 1. The van der Waals surface area contributed by atoms with Gasteiger partial charge in [0, 0.05) is 6.42 Å². The second-order valence-corrected chi connectivity index (χ2v) is 12.1. The molecule has 0 aliphatic heterocycles. The monoisotopic (exact) mass is 480 g/mol. The van der Waals surface area contributed by atoms with Crippen molar-refractivity contribution in [2.75, 3.05) is 0 Å². The van der Waals surface area contributed by atoms with Gasteiger partial charge in [-0.1, -0.05) is 144 Å². The van der Waals surface area contributed by atoms with Gasteiger partial charge in [-0.05, 0) is 43.9 Å². The zero-order valence-electron chi connectivity index (χ0n) is 24.4. The van der Waals surface area contributed by atoms with Crippen LogP contribution in [0, 0.1) is 5.41 Å². The van der Waals surface area contributed by atoms with E-state index in [2.05, 4.69) is 34.6 Å². The van der Waals surface area contributed by atoms with E-state index in [0.29, 0.717) is 11.8 Å². The fourth-order valence-electron chi connectivity index (χ4n) is 4.80. The molecule has 0 aromatic rings. The summed E-state index contributed by atoms with van der Waals surface area (Å²) in [5, 5.41) is 0. The van der Waals surface area contributed by atoms with E-state index in [0.717, 1.165) is 19.3 Å². The highest BCUT2D eigenvalue weighted by atomic mass is 16.5. The Morgan fingerprint density at radius 2 is 0.941 bits per heavy atom. The van der Waals surface area contributed by atoms with Crippen molar-refractivity contribution in [2.24, 2.45) is 5.41 Å². The molecule has 0 fully saturated rings. The lowest BCUT2D eigenvalue weighted by atomic mass is 9.89. The van der Waals surface area contributed by atoms with Gasteiger partial charge >= 0.3 is 5.97 Å². The van der Waals surface area contributed by atoms with Gasteiger partial charge in [-0.3, -0.25) is 4.79 Å². The van der Waals surface area contributed by atoms with Crippen molar-refractivity contribution in [3.8, 4) is 0 Å². The third-order valence-electron chi connectivity index (χ3n) is 7.12. The molecule has 1 atom stereocenters. The highest BCUT2D eigenvalue weighted by molar-refractivity contribution is 5.69. The average Bonchev–Trinajstić information content (AvgIpc) is 2.78. The molecule has 0 bridgehead atoms. The molecule has 0 aromatic carbocycles. The standard InChI is InChI=1S/C32H64O2/c1-6-8-10-12-14-15-16-19-23-27-30(26-22-18-13-11-9-7-2)34-31(33)28-24-20-17-21-25-29-32(3,4)5/h30H,6-29H2,1-5H3. The van der Waals surface area contributed by atoms with E-state index in [1.54, 1.807) is 0 Å². The van der Waals surface area contributed by atoms with Crippen molar-refractivity contribution < 1.29 is 9.53 Å². The topological polar surface area (TPSA) is 26.3 Å². The smallest absolute Gasteiger partial charge is 0.306 e. The largest absolute Gasteiger partial charge is 0.462 e. The number of unbranched alkanes of at least 4 members (excludes halogenated alkanes) is 17. The zero-order chi connectivity index (χ0) is 25.3. The van der Waals surface area contributed by atoms with Crippen molar-refractivity contribution in [3.63, 3.8) is 0 Å². The van der Waals surface area contributed by atoms with E-state index in [4.69, 9.17) is 4.74 Å². The fourth-order valence-corrected chi connectivity index (χ4v) is 4.80. The van der Waals surface area contributed by atoms with E-state index in [9.17, 15) is 4.79 Å². The molecule has 0 radical (unpaired) electrons. The van der Waals surface area contributed by atoms with E-state index < -0.39 is 0 Å². The summed E-state index contributed by atoms with van der Waals surface area (Å²) in [4.78, 5) is 12.5. The van der Waals surface area contributed by atoms with Crippen LogP contribution in [0.1, 0.15) is 189 Å². The molecule has 0 saturated carbocycles. The van der Waals surface area contributed by atoms with Crippen molar-refractivity contribution in [1.82, 2.24) is 0 Å². The average molecular weight is 481 g/mol. The third-order valence-corrected chi connectivity index (χ3v) is 7.12. The highest BCUT2D eigenvalue weighted by Crippen LogP contribution is 2.23. The molecule has 0 saturated heterocycles. The summed E-state index contributed by atoms with van der Waals surface area (Å²) in [6.07, 6.45) is 30.3. The molecule has 0 aliphatic rings. The van der Waals surface area contributed by atoms with E-state index in [-0.39, 0.29) is 12.1 Å². The van der Waals surface area contributed by atoms with E-state index in [1.165, 1.54) is 128 Å². The molecule has 204 valence electrons. The molecule has 0 spiro atoms. The molecule has 0 aliphatic carbocycles. The van der Waals surface area contributed by atoms with Gasteiger partial charge in [0.25, 0.3) is 0 Å². The first-order valence-corrected chi connectivity index (χ1v) is 15.6. The number of hydrogen-bond acceptors (Lipinski definition) is 2. The normalized spacial score (nSPS) is 12.7. The summed E-state index contributed by atoms with van der Waals surface area (Å²) in [5.41, 5.74) is 0.448. The van der Waals surface area contributed by atoms with Gasteiger partial charge in [-0.15, -0.1) is 0 Å². The van der Waals surface area contributed by atoms with Crippen LogP contribution in [0.15, 0.2) is 0 Å².